The minimum absolute atomic E-state index is 0.115. The second-order valence-electron chi connectivity index (χ2n) is 4.58. The molecule has 0 aliphatic heterocycles. The van der Waals surface area contributed by atoms with Gasteiger partial charge in [-0.25, -0.2) is 0 Å². The van der Waals surface area contributed by atoms with E-state index >= 15 is 0 Å². The van der Waals surface area contributed by atoms with Crippen LogP contribution in [0.3, 0.4) is 0 Å². The molecular formula is C15H11BrN2O5S. The minimum atomic E-state index is -1.08. The van der Waals surface area contributed by atoms with E-state index in [9.17, 15) is 19.7 Å². The Morgan fingerprint density at radius 1 is 1.21 bits per heavy atom. The van der Waals surface area contributed by atoms with Crippen molar-refractivity contribution in [2.45, 2.75) is 4.90 Å². The number of nitro benzene ring substituents is 1. The summed E-state index contributed by atoms with van der Waals surface area (Å²) in [6.07, 6.45) is 0. The highest BCUT2D eigenvalue weighted by Gasteiger charge is 2.19. The van der Waals surface area contributed by atoms with Gasteiger partial charge in [-0.2, -0.15) is 0 Å². The molecule has 24 heavy (non-hydrogen) atoms. The Morgan fingerprint density at radius 3 is 2.46 bits per heavy atom. The zero-order valence-corrected chi connectivity index (χ0v) is 14.5. The van der Waals surface area contributed by atoms with Gasteiger partial charge >= 0.3 is 5.97 Å². The summed E-state index contributed by atoms with van der Waals surface area (Å²) in [5.41, 5.74) is 0.365. The number of hydrogen-bond acceptors (Lipinski definition) is 5. The molecule has 0 fully saturated rings. The second-order valence-corrected chi connectivity index (χ2v) is 6.52. The number of carboxylic acid groups (broad SMARTS) is 1. The first kappa shape index (κ1) is 18.0. The summed E-state index contributed by atoms with van der Waals surface area (Å²) in [4.78, 5) is 33.5. The summed E-state index contributed by atoms with van der Waals surface area (Å²) in [7, 11) is 0. The molecule has 124 valence electrons. The molecule has 0 saturated carbocycles. The quantitative estimate of drug-likeness (QED) is 0.425. The topological polar surface area (TPSA) is 110 Å². The Hall–Kier alpha value is -2.39. The molecule has 0 aliphatic rings. The van der Waals surface area contributed by atoms with Crippen molar-refractivity contribution in [3.05, 3.63) is 62.6 Å². The van der Waals surface area contributed by atoms with Gasteiger partial charge in [0.05, 0.1) is 15.6 Å². The van der Waals surface area contributed by atoms with Crippen LogP contribution in [0.4, 0.5) is 11.4 Å². The van der Waals surface area contributed by atoms with Crippen molar-refractivity contribution in [2.24, 2.45) is 0 Å². The predicted octanol–water partition coefficient (Wildman–Crippen LogP) is 3.79. The highest BCUT2D eigenvalue weighted by molar-refractivity contribution is 9.10. The number of benzene rings is 2. The number of carbonyl (C=O) groups is 2. The predicted molar refractivity (Wildman–Crippen MR) is 93.6 cm³/mol. The number of halogens is 1. The molecule has 2 aromatic rings. The smallest absolute Gasteiger partial charge is 0.313 e. The molecule has 0 bridgehead atoms. The van der Waals surface area contributed by atoms with Gasteiger partial charge in [0, 0.05) is 21.8 Å². The first-order chi connectivity index (χ1) is 11.4. The van der Waals surface area contributed by atoms with E-state index in [2.05, 4.69) is 21.2 Å². The van der Waals surface area contributed by atoms with Crippen LogP contribution in [0, 0.1) is 10.1 Å². The average molecular weight is 411 g/mol. The fourth-order valence-electron chi connectivity index (χ4n) is 1.80. The molecule has 2 N–H and O–H groups in total. The van der Waals surface area contributed by atoms with Crippen molar-refractivity contribution in [1.29, 1.82) is 0 Å². The number of anilines is 1. The lowest BCUT2D eigenvalue weighted by atomic mass is 10.2. The normalized spacial score (nSPS) is 10.2. The Morgan fingerprint density at radius 2 is 1.88 bits per heavy atom. The molecule has 0 atom stereocenters. The standard InChI is InChI=1S/C15H11BrN2O5S/c16-10-2-4-11(5-3-10)17-15(21)9-1-6-13(24-8-14(19)20)12(7-9)18(22)23/h1-7H,8H2,(H,17,21)(H,19,20). The van der Waals surface area contributed by atoms with Gasteiger partial charge in [-0.05, 0) is 36.4 Å². The maximum atomic E-state index is 12.2. The summed E-state index contributed by atoms with van der Waals surface area (Å²) in [6, 6.07) is 10.8. The zero-order valence-electron chi connectivity index (χ0n) is 12.1. The lowest BCUT2D eigenvalue weighted by Crippen LogP contribution is -2.12. The third-order valence-electron chi connectivity index (χ3n) is 2.87. The number of hydrogen-bond donors (Lipinski definition) is 2. The molecule has 0 heterocycles. The molecule has 2 aromatic carbocycles. The van der Waals surface area contributed by atoms with Gasteiger partial charge in [-0.15, -0.1) is 11.8 Å². The summed E-state index contributed by atoms with van der Waals surface area (Å²) in [5, 5.41) is 22.5. The first-order valence-corrected chi connectivity index (χ1v) is 8.34. The van der Waals surface area contributed by atoms with Crippen molar-refractivity contribution in [2.75, 3.05) is 11.1 Å². The van der Waals surface area contributed by atoms with Crippen LogP contribution in [0.1, 0.15) is 10.4 Å². The SMILES string of the molecule is O=C(O)CSc1ccc(C(=O)Nc2ccc(Br)cc2)cc1[N+](=O)[O-]. The minimum Gasteiger partial charge on any atom is -0.481 e. The number of amides is 1. The Balaban J connectivity index is 2.22. The molecule has 0 saturated heterocycles. The number of aliphatic carboxylic acids is 1. The van der Waals surface area contributed by atoms with E-state index in [1.54, 1.807) is 24.3 Å². The molecule has 9 heteroatoms. The zero-order chi connectivity index (χ0) is 17.7. The fourth-order valence-corrected chi connectivity index (χ4v) is 2.79. The number of carboxylic acids is 1. The molecule has 7 nitrogen and oxygen atoms in total. The second kappa shape index (κ2) is 7.93. The summed E-state index contributed by atoms with van der Waals surface area (Å²) in [6.45, 7) is 0. The Bertz CT molecular complexity index is 795. The van der Waals surface area contributed by atoms with E-state index in [0.717, 1.165) is 22.3 Å². The van der Waals surface area contributed by atoms with Crippen LogP contribution in [0.25, 0.3) is 0 Å². The molecule has 1 amide bonds. The third-order valence-corrected chi connectivity index (χ3v) is 4.45. The maximum Gasteiger partial charge on any atom is 0.313 e. The van der Waals surface area contributed by atoms with E-state index in [0.29, 0.717) is 5.69 Å². The van der Waals surface area contributed by atoms with Gasteiger partial charge in [0.25, 0.3) is 11.6 Å². The van der Waals surface area contributed by atoms with E-state index in [4.69, 9.17) is 5.11 Å². The highest BCUT2D eigenvalue weighted by atomic mass is 79.9. The number of nitro groups is 1. The van der Waals surface area contributed by atoms with Gasteiger partial charge in [0.2, 0.25) is 0 Å². The van der Waals surface area contributed by atoms with Gasteiger partial charge in [0.1, 0.15) is 0 Å². The van der Waals surface area contributed by atoms with Gasteiger partial charge in [-0.1, -0.05) is 15.9 Å². The van der Waals surface area contributed by atoms with Gasteiger partial charge < -0.3 is 10.4 Å². The van der Waals surface area contributed by atoms with Crippen LogP contribution in [-0.4, -0.2) is 27.7 Å². The maximum absolute atomic E-state index is 12.2. The van der Waals surface area contributed by atoms with Crippen molar-refractivity contribution < 1.29 is 19.6 Å². The molecule has 0 aliphatic carbocycles. The van der Waals surface area contributed by atoms with Crippen LogP contribution >= 0.6 is 27.7 Å². The van der Waals surface area contributed by atoms with Crippen LogP contribution < -0.4 is 5.32 Å². The molecule has 0 aromatic heterocycles. The van der Waals surface area contributed by atoms with E-state index < -0.39 is 16.8 Å². The van der Waals surface area contributed by atoms with E-state index in [1.165, 1.54) is 12.1 Å². The number of thioether (sulfide) groups is 1. The summed E-state index contributed by atoms with van der Waals surface area (Å²) < 4.78 is 0.857. The first-order valence-electron chi connectivity index (χ1n) is 6.57. The average Bonchev–Trinajstić information content (AvgIpc) is 2.54. The fraction of sp³-hybridized carbons (Fsp3) is 0.0667. The Labute approximate surface area is 149 Å². The lowest BCUT2D eigenvalue weighted by molar-refractivity contribution is -0.387. The number of carbonyl (C=O) groups excluding carboxylic acids is 1. The van der Waals surface area contributed by atoms with Crippen molar-refractivity contribution >= 4 is 50.9 Å². The Kier molecular flexibility index (Phi) is 5.93. The van der Waals surface area contributed by atoms with Gasteiger partial charge in [0.15, 0.2) is 0 Å². The molecular weight excluding hydrogens is 400 g/mol. The monoisotopic (exact) mass is 410 g/mol. The van der Waals surface area contributed by atoms with Crippen LogP contribution in [0.2, 0.25) is 0 Å². The van der Waals surface area contributed by atoms with Crippen molar-refractivity contribution in [3.63, 3.8) is 0 Å². The lowest BCUT2D eigenvalue weighted by Gasteiger charge is -2.07. The van der Waals surface area contributed by atoms with Crippen LogP contribution in [-0.2, 0) is 4.79 Å². The number of nitrogens with zero attached hydrogens (tertiary/aromatic N) is 1. The van der Waals surface area contributed by atoms with Gasteiger partial charge in [-0.3, -0.25) is 19.7 Å². The number of nitrogens with one attached hydrogen (secondary N) is 1. The number of rotatable bonds is 6. The largest absolute Gasteiger partial charge is 0.481 e. The summed E-state index contributed by atoms with van der Waals surface area (Å²) in [5.74, 6) is -1.87. The molecule has 0 radical (unpaired) electrons. The van der Waals surface area contributed by atoms with E-state index in [-0.39, 0.29) is 21.9 Å². The third kappa shape index (κ3) is 4.80. The van der Waals surface area contributed by atoms with Crippen LogP contribution in [0.5, 0.6) is 0 Å². The molecule has 0 spiro atoms. The van der Waals surface area contributed by atoms with Crippen LogP contribution in [0.15, 0.2) is 51.8 Å². The van der Waals surface area contributed by atoms with Crippen molar-refractivity contribution in [1.82, 2.24) is 0 Å². The molecule has 2 rings (SSSR count). The molecule has 0 unspecified atom stereocenters. The van der Waals surface area contributed by atoms with E-state index in [1.807, 2.05) is 0 Å². The highest BCUT2D eigenvalue weighted by Crippen LogP contribution is 2.30. The van der Waals surface area contributed by atoms with Crippen molar-refractivity contribution in [3.8, 4) is 0 Å². The summed E-state index contributed by atoms with van der Waals surface area (Å²) >= 11 is 4.11.